The predicted molar refractivity (Wildman–Crippen MR) is 52.8 cm³/mol. The van der Waals surface area contributed by atoms with Gasteiger partial charge in [0.2, 0.25) is 5.91 Å². The zero-order valence-electron chi connectivity index (χ0n) is 7.84. The Morgan fingerprint density at radius 1 is 1.46 bits per heavy atom. The molecule has 0 bridgehead atoms. The van der Waals surface area contributed by atoms with Crippen LogP contribution in [0.15, 0.2) is 0 Å². The molecule has 3 nitrogen and oxygen atoms in total. The Kier molecular flexibility index (Phi) is 6.41. The third-order valence-corrected chi connectivity index (χ3v) is 1.52. The average Bonchev–Trinajstić information content (AvgIpc) is 2.14. The van der Waals surface area contributed by atoms with Crippen molar-refractivity contribution in [1.82, 2.24) is 10.2 Å². The molecule has 0 atom stereocenters. The van der Waals surface area contributed by atoms with Gasteiger partial charge >= 0.3 is 0 Å². The van der Waals surface area contributed by atoms with Crippen LogP contribution in [0.4, 0.5) is 0 Å². The van der Waals surface area contributed by atoms with Gasteiger partial charge in [0.05, 0.1) is 19.6 Å². The van der Waals surface area contributed by atoms with Crippen LogP contribution in [-0.2, 0) is 4.79 Å². The molecule has 0 rings (SSSR count). The molecule has 0 aromatic carbocycles. The highest BCUT2D eigenvalue weighted by Crippen LogP contribution is 1.86. The van der Waals surface area contributed by atoms with E-state index in [0.717, 1.165) is 0 Å². The Hall–Kier alpha value is -1.45. The molecule has 0 saturated carbocycles. The zero-order valence-corrected chi connectivity index (χ0v) is 7.84. The topological polar surface area (TPSA) is 32.3 Å². The molecule has 0 aliphatic heterocycles. The number of likely N-dealkylation sites (N-methyl/N-ethyl adjacent to an activating group) is 1. The molecule has 1 amide bonds. The standard InChI is InChI=1S/C10H14N2O/c1-4-7-11-9-10(13)12(6-3)8-5-2/h1-2,11H,6-9H2,3H3. The minimum absolute atomic E-state index is 0.0179. The number of carbonyl (C=O) groups excluding carboxylic acids is 1. The van der Waals surface area contributed by atoms with Crippen molar-refractivity contribution in [2.24, 2.45) is 0 Å². The minimum Gasteiger partial charge on any atom is -0.331 e. The normalized spacial score (nSPS) is 8.54. The lowest BCUT2D eigenvalue weighted by Gasteiger charge is -2.17. The molecule has 0 aliphatic rings. The van der Waals surface area contributed by atoms with Crippen LogP contribution in [0.25, 0.3) is 0 Å². The second kappa shape index (κ2) is 7.21. The second-order valence-corrected chi connectivity index (χ2v) is 2.42. The Balaban J connectivity index is 3.80. The van der Waals surface area contributed by atoms with E-state index in [-0.39, 0.29) is 12.5 Å². The molecule has 0 aromatic heterocycles. The molecular formula is C10H14N2O. The highest BCUT2D eigenvalue weighted by Gasteiger charge is 2.08. The maximum absolute atomic E-state index is 11.3. The van der Waals surface area contributed by atoms with E-state index in [4.69, 9.17) is 12.8 Å². The monoisotopic (exact) mass is 178 g/mol. The molecule has 0 unspecified atom stereocenters. The highest BCUT2D eigenvalue weighted by atomic mass is 16.2. The van der Waals surface area contributed by atoms with Crippen molar-refractivity contribution in [2.45, 2.75) is 6.92 Å². The molecule has 0 spiro atoms. The van der Waals surface area contributed by atoms with Crippen LogP contribution in [-0.4, -0.2) is 37.0 Å². The van der Waals surface area contributed by atoms with Crippen molar-refractivity contribution in [1.29, 1.82) is 0 Å². The van der Waals surface area contributed by atoms with E-state index in [1.54, 1.807) is 4.90 Å². The Bertz CT molecular complexity index is 234. The summed E-state index contributed by atoms with van der Waals surface area (Å²) in [5.41, 5.74) is 0. The van der Waals surface area contributed by atoms with E-state index in [1.165, 1.54) is 0 Å². The van der Waals surface area contributed by atoms with Crippen molar-refractivity contribution in [3.05, 3.63) is 0 Å². The molecule has 0 aromatic rings. The third-order valence-electron chi connectivity index (χ3n) is 1.52. The summed E-state index contributed by atoms with van der Waals surface area (Å²) in [5.74, 6) is 4.80. The number of nitrogens with one attached hydrogen (secondary N) is 1. The maximum Gasteiger partial charge on any atom is 0.237 e. The van der Waals surface area contributed by atoms with Gasteiger partial charge in [-0.05, 0) is 6.92 Å². The van der Waals surface area contributed by atoms with E-state index in [1.807, 2.05) is 6.92 Å². The largest absolute Gasteiger partial charge is 0.331 e. The van der Waals surface area contributed by atoms with Crippen molar-refractivity contribution < 1.29 is 4.79 Å². The summed E-state index contributed by atoms with van der Waals surface area (Å²) in [4.78, 5) is 12.9. The molecule has 70 valence electrons. The van der Waals surface area contributed by atoms with E-state index in [0.29, 0.717) is 19.6 Å². The lowest BCUT2D eigenvalue weighted by atomic mass is 10.4. The Morgan fingerprint density at radius 2 is 2.15 bits per heavy atom. The van der Waals surface area contributed by atoms with Crippen molar-refractivity contribution in [3.63, 3.8) is 0 Å². The van der Waals surface area contributed by atoms with E-state index in [2.05, 4.69) is 17.2 Å². The maximum atomic E-state index is 11.3. The number of carbonyl (C=O) groups is 1. The SMILES string of the molecule is C#CCNCC(=O)N(CC)CC#C. The number of rotatable bonds is 5. The van der Waals surface area contributed by atoms with Crippen LogP contribution in [0, 0.1) is 24.7 Å². The first kappa shape index (κ1) is 11.6. The molecule has 0 radical (unpaired) electrons. The number of terminal acetylenes is 2. The fourth-order valence-electron chi connectivity index (χ4n) is 0.840. The number of hydrogen-bond donors (Lipinski definition) is 1. The Morgan fingerprint density at radius 3 is 2.62 bits per heavy atom. The van der Waals surface area contributed by atoms with Gasteiger partial charge in [0.1, 0.15) is 0 Å². The first-order valence-electron chi connectivity index (χ1n) is 4.11. The fraction of sp³-hybridized carbons (Fsp3) is 0.500. The lowest BCUT2D eigenvalue weighted by Crippen LogP contribution is -2.38. The van der Waals surface area contributed by atoms with Gasteiger partial charge in [0.15, 0.2) is 0 Å². The summed E-state index contributed by atoms with van der Waals surface area (Å²) < 4.78 is 0. The van der Waals surface area contributed by atoms with E-state index >= 15 is 0 Å². The van der Waals surface area contributed by atoms with Gasteiger partial charge in [-0.2, -0.15) is 0 Å². The van der Waals surface area contributed by atoms with Crippen LogP contribution in [0.1, 0.15) is 6.92 Å². The second-order valence-electron chi connectivity index (χ2n) is 2.42. The highest BCUT2D eigenvalue weighted by molar-refractivity contribution is 5.78. The van der Waals surface area contributed by atoms with Crippen LogP contribution < -0.4 is 5.32 Å². The number of nitrogens with zero attached hydrogens (tertiary/aromatic N) is 1. The van der Waals surface area contributed by atoms with Crippen LogP contribution in [0.3, 0.4) is 0 Å². The van der Waals surface area contributed by atoms with Gasteiger partial charge in [0.25, 0.3) is 0 Å². The molecule has 3 heteroatoms. The molecule has 1 N–H and O–H groups in total. The molecule has 0 aliphatic carbocycles. The molecule has 0 saturated heterocycles. The quantitative estimate of drug-likeness (QED) is 0.462. The Labute approximate surface area is 79.5 Å². The van der Waals surface area contributed by atoms with E-state index < -0.39 is 0 Å². The first-order chi connectivity index (χ1) is 6.26. The summed E-state index contributed by atoms with van der Waals surface area (Å²) in [5, 5.41) is 2.81. The fourth-order valence-corrected chi connectivity index (χ4v) is 0.840. The molecule has 0 fully saturated rings. The smallest absolute Gasteiger partial charge is 0.237 e. The summed E-state index contributed by atoms with van der Waals surface area (Å²) in [6.45, 7) is 3.52. The summed E-state index contributed by atoms with van der Waals surface area (Å²) >= 11 is 0. The average molecular weight is 178 g/mol. The lowest BCUT2D eigenvalue weighted by molar-refractivity contribution is -0.129. The molecule has 13 heavy (non-hydrogen) atoms. The van der Waals surface area contributed by atoms with E-state index in [9.17, 15) is 4.79 Å². The van der Waals surface area contributed by atoms with Gasteiger partial charge in [-0.3, -0.25) is 10.1 Å². The first-order valence-corrected chi connectivity index (χ1v) is 4.11. The summed E-state index contributed by atoms with van der Waals surface area (Å²) in [7, 11) is 0. The van der Waals surface area contributed by atoms with Gasteiger partial charge < -0.3 is 4.90 Å². The van der Waals surface area contributed by atoms with Crippen molar-refractivity contribution in [2.75, 3.05) is 26.2 Å². The minimum atomic E-state index is -0.0179. The number of amides is 1. The van der Waals surface area contributed by atoms with Gasteiger partial charge in [-0.15, -0.1) is 12.8 Å². The van der Waals surface area contributed by atoms with Gasteiger partial charge in [-0.25, -0.2) is 0 Å². The predicted octanol–water partition coefficient (Wildman–Crippen LogP) is -0.309. The van der Waals surface area contributed by atoms with Crippen molar-refractivity contribution >= 4 is 5.91 Å². The van der Waals surface area contributed by atoms with Crippen LogP contribution in [0.5, 0.6) is 0 Å². The summed E-state index contributed by atoms with van der Waals surface area (Å²) in [6, 6.07) is 0. The van der Waals surface area contributed by atoms with Gasteiger partial charge in [0, 0.05) is 6.54 Å². The van der Waals surface area contributed by atoms with Crippen LogP contribution >= 0.6 is 0 Å². The zero-order chi connectivity index (χ0) is 10.1. The van der Waals surface area contributed by atoms with Gasteiger partial charge in [-0.1, -0.05) is 11.8 Å². The van der Waals surface area contributed by atoms with Crippen LogP contribution in [0.2, 0.25) is 0 Å². The number of hydrogen-bond acceptors (Lipinski definition) is 2. The molecule has 0 heterocycles. The molecular weight excluding hydrogens is 164 g/mol. The van der Waals surface area contributed by atoms with Crippen molar-refractivity contribution in [3.8, 4) is 24.7 Å². The summed E-state index contributed by atoms with van der Waals surface area (Å²) in [6.07, 6.45) is 10.1. The third kappa shape index (κ3) is 4.90.